The number of hydrogen-bond donors (Lipinski definition) is 2. The van der Waals surface area contributed by atoms with Crippen LogP contribution >= 0.6 is 34.8 Å². The SMILES string of the molecule is C/C(=N\NC(=O)c1nc(Cl)c(Cl)c(N)c1Cl)c1ccccn1. The highest BCUT2D eigenvalue weighted by Gasteiger charge is 2.19. The monoisotopic (exact) mass is 357 g/mol. The normalized spacial score (nSPS) is 11.4. The number of nitrogen functional groups attached to an aromatic ring is 1. The minimum absolute atomic E-state index is 0.00335. The number of nitrogens with zero attached hydrogens (tertiary/aromatic N) is 3. The van der Waals surface area contributed by atoms with Gasteiger partial charge in [0, 0.05) is 6.20 Å². The number of hydrogen-bond acceptors (Lipinski definition) is 5. The molecule has 0 atom stereocenters. The van der Waals surface area contributed by atoms with E-state index >= 15 is 0 Å². The Morgan fingerprint density at radius 3 is 2.64 bits per heavy atom. The third-order valence-electron chi connectivity index (χ3n) is 2.65. The molecule has 0 fully saturated rings. The largest absolute Gasteiger partial charge is 0.396 e. The van der Waals surface area contributed by atoms with E-state index in [2.05, 4.69) is 20.5 Å². The summed E-state index contributed by atoms with van der Waals surface area (Å²) in [6.07, 6.45) is 1.62. The average molecular weight is 359 g/mol. The van der Waals surface area contributed by atoms with Gasteiger partial charge in [-0.05, 0) is 19.1 Å². The van der Waals surface area contributed by atoms with Crippen LogP contribution in [0.15, 0.2) is 29.5 Å². The van der Waals surface area contributed by atoms with Gasteiger partial charge in [-0.1, -0.05) is 40.9 Å². The molecule has 0 aliphatic carbocycles. The van der Waals surface area contributed by atoms with Crippen LogP contribution in [-0.4, -0.2) is 21.6 Å². The van der Waals surface area contributed by atoms with Crippen molar-refractivity contribution in [2.24, 2.45) is 5.10 Å². The minimum atomic E-state index is -0.662. The summed E-state index contributed by atoms with van der Waals surface area (Å²) in [5, 5.41) is 3.73. The van der Waals surface area contributed by atoms with E-state index in [1.165, 1.54) is 0 Å². The summed E-state index contributed by atoms with van der Waals surface area (Å²) in [5.41, 5.74) is 8.93. The molecular formula is C13H10Cl3N5O. The fraction of sp³-hybridized carbons (Fsp3) is 0.0769. The fourth-order valence-corrected chi connectivity index (χ4v) is 2.10. The van der Waals surface area contributed by atoms with Crippen molar-refractivity contribution in [1.82, 2.24) is 15.4 Å². The Labute approximate surface area is 141 Å². The number of hydrazone groups is 1. The van der Waals surface area contributed by atoms with E-state index in [9.17, 15) is 4.79 Å². The molecule has 0 aliphatic heterocycles. The van der Waals surface area contributed by atoms with Crippen LogP contribution in [-0.2, 0) is 0 Å². The topological polar surface area (TPSA) is 93.3 Å². The van der Waals surface area contributed by atoms with Gasteiger partial charge in [-0.15, -0.1) is 0 Å². The predicted molar refractivity (Wildman–Crippen MR) is 87.6 cm³/mol. The van der Waals surface area contributed by atoms with Crippen LogP contribution in [0.1, 0.15) is 23.1 Å². The Hall–Kier alpha value is -1.89. The van der Waals surface area contributed by atoms with E-state index in [1.54, 1.807) is 31.3 Å². The number of nitrogens with one attached hydrogen (secondary N) is 1. The van der Waals surface area contributed by atoms with Gasteiger partial charge in [0.1, 0.15) is 5.02 Å². The second-order valence-electron chi connectivity index (χ2n) is 4.15. The summed E-state index contributed by atoms with van der Waals surface area (Å²) in [6, 6.07) is 5.34. The van der Waals surface area contributed by atoms with Crippen molar-refractivity contribution < 1.29 is 4.79 Å². The summed E-state index contributed by atoms with van der Waals surface area (Å²) in [5.74, 6) is -0.662. The molecule has 2 heterocycles. The smallest absolute Gasteiger partial charge is 0.291 e. The molecule has 0 bridgehead atoms. The highest BCUT2D eigenvalue weighted by atomic mass is 35.5. The molecular weight excluding hydrogens is 349 g/mol. The Balaban J connectivity index is 2.24. The van der Waals surface area contributed by atoms with Gasteiger partial charge in [0.05, 0.1) is 22.1 Å². The van der Waals surface area contributed by atoms with Gasteiger partial charge in [0.15, 0.2) is 10.8 Å². The molecule has 0 aliphatic rings. The van der Waals surface area contributed by atoms with Gasteiger partial charge in [0.25, 0.3) is 5.91 Å². The number of anilines is 1. The maximum atomic E-state index is 12.1. The highest BCUT2D eigenvalue weighted by molar-refractivity contribution is 6.46. The molecule has 9 heteroatoms. The van der Waals surface area contributed by atoms with Crippen molar-refractivity contribution in [3.8, 4) is 0 Å². The molecule has 114 valence electrons. The van der Waals surface area contributed by atoms with Crippen molar-refractivity contribution in [1.29, 1.82) is 0 Å². The molecule has 0 spiro atoms. The summed E-state index contributed by atoms with van der Waals surface area (Å²) in [6.45, 7) is 1.70. The predicted octanol–water partition coefficient (Wildman–Crippen LogP) is 3.17. The lowest BCUT2D eigenvalue weighted by molar-refractivity contribution is 0.0950. The van der Waals surface area contributed by atoms with Crippen LogP contribution < -0.4 is 11.2 Å². The molecule has 0 radical (unpaired) electrons. The molecule has 3 N–H and O–H groups in total. The Morgan fingerprint density at radius 2 is 2.00 bits per heavy atom. The molecule has 2 aromatic heterocycles. The van der Waals surface area contributed by atoms with Crippen molar-refractivity contribution in [2.45, 2.75) is 6.92 Å². The molecule has 0 saturated heterocycles. The van der Waals surface area contributed by atoms with Crippen LogP contribution in [0.3, 0.4) is 0 Å². The second kappa shape index (κ2) is 6.91. The Morgan fingerprint density at radius 1 is 1.27 bits per heavy atom. The van der Waals surface area contributed by atoms with Crippen LogP contribution in [0.4, 0.5) is 5.69 Å². The van der Waals surface area contributed by atoms with Crippen LogP contribution in [0.5, 0.6) is 0 Å². The lowest BCUT2D eigenvalue weighted by Gasteiger charge is -2.08. The molecule has 2 aromatic rings. The molecule has 1 amide bonds. The lowest BCUT2D eigenvalue weighted by atomic mass is 10.3. The molecule has 0 aromatic carbocycles. The van der Waals surface area contributed by atoms with E-state index in [4.69, 9.17) is 40.5 Å². The average Bonchev–Trinajstić information content (AvgIpc) is 2.54. The zero-order chi connectivity index (χ0) is 16.3. The number of carbonyl (C=O) groups excluding carboxylic acids is 1. The number of nitrogens with two attached hydrogens (primary N) is 1. The Bertz CT molecular complexity index is 749. The summed E-state index contributed by atoms with van der Waals surface area (Å²) in [7, 11) is 0. The van der Waals surface area contributed by atoms with Crippen molar-refractivity contribution in [3.05, 3.63) is 51.0 Å². The first-order valence-electron chi connectivity index (χ1n) is 5.97. The number of aromatic nitrogens is 2. The molecule has 22 heavy (non-hydrogen) atoms. The maximum absolute atomic E-state index is 12.1. The van der Waals surface area contributed by atoms with Crippen molar-refractivity contribution in [3.63, 3.8) is 0 Å². The van der Waals surface area contributed by atoms with Gasteiger partial charge in [0.2, 0.25) is 0 Å². The van der Waals surface area contributed by atoms with Gasteiger partial charge >= 0.3 is 0 Å². The van der Waals surface area contributed by atoms with Gasteiger partial charge in [-0.3, -0.25) is 9.78 Å². The highest BCUT2D eigenvalue weighted by Crippen LogP contribution is 2.34. The van der Waals surface area contributed by atoms with E-state index in [0.29, 0.717) is 11.4 Å². The summed E-state index contributed by atoms with van der Waals surface area (Å²) >= 11 is 17.5. The number of amides is 1. The molecule has 6 nitrogen and oxygen atoms in total. The minimum Gasteiger partial charge on any atom is -0.396 e. The maximum Gasteiger partial charge on any atom is 0.291 e. The number of halogens is 3. The number of pyridine rings is 2. The first-order valence-corrected chi connectivity index (χ1v) is 7.11. The van der Waals surface area contributed by atoms with E-state index in [0.717, 1.165) is 0 Å². The van der Waals surface area contributed by atoms with E-state index < -0.39 is 5.91 Å². The van der Waals surface area contributed by atoms with E-state index in [1.807, 2.05) is 0 Å². The zero-order valence-electron chi connectivity index (χ0n) is 11.3. The lowest BCUT2D eigenvalue weighted by Crippen LogP contribution is -2.22. The molecule has 2 rings (SSSR count). The fourth-order valence-electron chi connectivity index (χ4n) is 1.50. The number of rotatable bonds is 3. The van der Waals surface area contributed by atoms with Crippen molar-refractivity contribution in [2.75, 3.05) is 5.73 Å². The van der Waals surface area contributed by atoms with Crippen LogP contribution in [0.2, 0.25) is 15.2 Å². The molecule has 0 saturated carbocycles. The number of carbonyl (C=O) groups is 1. The zero-order valence-corrected chi connectivity index (χ0v) is 13.5. The second-order valence-corrected chi connectivity index (χ2v) is 5.26. The van der Waals surface area contributed by atoms with Gasteiger partial charge in [-0.25, -0.2) is 10.4 Å². The third-order valence-corrected chi connectivity index (χ3v) is 3.78. The molecule has 0 unspecified atom stereocenters. The first-order chi connectivity index (χ1) is 10.4. The third kappa shape index (κ3) is 3.47. The van der Waals surface area contributed by atoms with Crippen LogP contribution in [0, 0.1) is 0 Å². The van der Waals surface area contributed by atoms with Crippen LogP contribution in [0.25, 0.3) is 0 Å². The Kier molecular flexibility index (Phi) is 5.18. The van der Waals surface area contributed by atoms with Gasteiger partial charge < -0.3 is 5.73 Å². The van der Waals surface area contributed by atoms with E-state index in [-0.39, 0.29) is 26.6 Å². The summed E-state index contributed by atoms with van der Waals surface area (Å²) < 4.78 is 0. The van der Waals surface area contributed by atoms with Crippen molar-refractivity contribution >= 4 is 52.1 Å². The standard InChI is InChI=1S/C13H10Cl3N5O/c1-6(7-4-2-3-5-18-7)20-21-13(22)11-8(14)10(17)9(15)12(16)19-11/h2-5H,1H3,(H2,17,19)(H,21,22)/b20-6+. The summed E-state index contributed by atoms with van der Waals surface area (Å²) in [4.78, 5) is 20.0. The van der Waals surface area contributed by atoms with Gasteiger partial charge in [-0.2, -0.15) is 5.10 Å². The first kappa shape index (κ1) is 16.5. The quantitative estimate of drug-likeness (QED) is 0.500.